The Morgan fingerprint density at radius 3 is 1.39 bits per heavy atom. The maximum atomic E-state index is 5.26. The molecule has 0 aliphatic rings. The third-order valence-corrected chi connectivity index (χ3v) is 11.5. The van der Waals surface area contributed by atoms with Crippen LogP contribution in [0.4, 0.5) is 0 Å². The second-order valence-corrected chi connectivity index (χ2v) is 14.3. The second kappa shape index (κ2) is 12.6. The maximum absolute atomic E-state index is 5.26. The molecule has 230 valence electrons. The van der Waals surface area contributed by atoms with Gasteiger partial charge in [0.1, 0.15) is 0 Å². The molecular formula is C45H29N3Se. The van der Waals surface area contributed by atoms with Crippen molar-refractivity contribution in [2.24, 2.45) is 0 Å². The molecule has 0 amide bonds. The molecule has 49 heavy (non-hydrogen) atoms. The van der Waals surface area contributed by atoms with Crippen molar-refractivity contribution in [1.82, 2.24) is 15.0 Å². The third-order valence-electron chi connectivity index (χ3n) is 8.94. The fourth-order valence-electron chi connectivity index (χ4n) is 6.47. The first-order chi connectivity index (χ1) is 24.3. The van der Waals surface area contributed by atoms with E-state index in [1.807, 2.05) is 6.07 Å². The molecule has 3 nitrogen and oxygen atoms in total. The molecule has 9 rings (SSSR count). The van der Waals surface area contributed by atoms with Gasteiger partial charge in [-0.3, -0.25) is 0 Å². The van der Waals surface area contributed by atoms with Gasteiger partial charge in [-0.25, -0.2) is 0 Å². The van der Waals surface area contributed by atoms with E-state index in [0.29, 0.717) is 17.5 Å². The fourth-order valence-corrected chi connectivity index (χ4v) is 9.01. The van der Waals surface area contributed by atoms with Gasteiger partial charge in [0.05, 0.1) is 0 Å². The Hall–Kier alpha value is -5.93. The third kappa shape index (κ3) is 5.68. The summed E-state index contributed by atoms with van der Waals surface area (Å²) in [4.78, 5) is 15.6. The molecule has 4 heteroatoms. The molecule has 0 fully saturated rings. The Balaban J connectivity index is 1.26. The zero-order chi connectivity index (χ0) is 32.6. The number of nitrogens with zero attached hydrogens (tertiary/aromatic N) is 3. The van der Waals surface area contributed by atoms with Gasteiger partial charge in [-0.1, -0.05) is 6.07 Å². The van der Waals surface area contributed by atoms with Gasteiger partial charge in [0.2, 0.25) is 0 Å². The number of hydrogen-bond acceptors (Lipinski definition) is 3. The normalized spacial score (nSPS) is 11.3. The van der Waals surface area contributed by atoms with Crippen molar-refractivity contribution in [2.75, 3.05) is 0 Å². The van der Waals surface area contributed by atoms with Crippen LogP contribution in [0.1, 0.15) is 0 Å². The summed E-state index contributed by atoms with van der Waals surface area (Å²) in [5.41, 5.74) is 9.84. The van der Waals surface area contributed by atoms with Crippen LogP contribution in [0.3, 0.4) is 0 Å². The van der Waals surface area contributed by atoms with Gasteiger partial charge in [-0.15, -0.1) is 0 Å². The van der Waals surface area contributed by atoms with Gasteiger partial charge >= 0.3 is 286 Å². The molecule has 0 saturated carbocycles. The van der Waals surface area contributed by atoms with E-state index >= 15 is 0 Å². The Kier molecular flexibility index (Phi) is 7.51. The van der Waals surface area contributed by atoms with Crippen molar-refractivity contribution in [3.8, 4) is 67.5 Å². The first kappa shape index (κ1) is 29.2. The monoisotopic (exact) mass is 691 g/mol. The molecule has 7 aromatic carbocycles. The van der Waals surface area contributed by atoms with Crippen molar-refractivity contribution in [1.29, 1.82) is 0 Å². The van der Waals surface area contributed by atoms with Crippen molar-refractivity contribution in [3.63, 3.8) is 0 Å². The summed E-state index contributed by atoms with van der Waals surface area (Å²) in [5.74, 6) is 2.01. The predicted molar refractivity (Wildman–Crippen MR) is 204 cm³/mol. The number of hydrogen-bond donors (Lipinski definition) is 0. The van der Waals surface area contributed by atoms with Crippen LogP contribution in [0, 0.1) is 0 Å². The summed E-state index contributed by atoms with van der Waals surface area (Å²) >= 11 is 0.153. The molecule has 0 N–H and O–H groups in total. The summed E-state index contributed by atoms with van der Waals surface area (Å²) in [7, 11) is 0. The van der Waals surface area contributed by atoms with Gasteiger partial charge < -0.3 is 0 Å². The summed E-state index contributed by atoms with van der Waals surface area (Å²) in [6, 6.07) is 62.0. The summed E-state index contributed by atoms with van der Waals surface area (Å²) < 4.78 is 2.72. The zero-order valence-electron chi connectivity index (χ0n) is 26.5. The molecule has 2 aromatic heterocycles. The minimum atomic E-state index is 0.153. The molecule has 0 radical (unpaired) electrons. The van der Waals surface area contributed by atoms with Gasteiger partial charge in [-0.2, -0.15) is 0 Å². The molecule has 0 atom stereocenters. The van der Waals surface area contributed by atoms with Crippen molar-refractivity contribution >= 4 is 33.8 Å². The molecule has 0 aliphatic carbocycles. The summed E-state index contributed by atoms with van der Waals surface area (Å²) in [6.07, 6.45) is 0. The second-order valence-electron chi connectivity index (χ2n) is 12.1. The first-order valence-electron chi connectivity index (χ1n) is 16.4. The van der Waals surface area contributed by atoms with Crippen LogP contribution in [0.15, 0.2) is 176 Å². The number of benzene rings is 7. The van der Waals surface area contributed by atoms with E-state index in [1.165, 1.54) is 24.9 Å². The van der Waals surface area contributed by atoms with Crippen LogP contribution < -0.4 is 0 Å². The molecule has 0 bridgehead atoms. The molecule has 0 unspecified atom stereocenters. The van der Waals surface area contributed by atoms with E-state index in [0.717, 1.165) is 44.5 Å². The van der Waals surface area contributed by atoms with Crippen molar-refractivity contribution in [2.45, 2.75) is 0 Å². The van der Waals surface area contributed by atoms with Crippen LogP contribution in [-0.4, -0.2) is 29.5 Å². The molecule has 0 aliphatic heterocycles. The number of fused-ring (bicyclic) bond motifs is 3. The van der Waals surface area contributed by atoms with Gasteiger partial charge in [0.25, 0.3) is 0 Å². The molecule has 2 heterocycles. The van der Waals surface area contributed by atoms with Gasteiger partial charge in [0, 0.05) is 0 Å². The van der Waals surface area contributed by atoms with E-state index in [1.54, 1.807) is 0 Å². The Bertz CT molecular complexity index is 2520. The zero-order valence-corrected chi connectivity index (χ0v) is 28.2. The molecule has 0 saturated heterocycles. The van der Waals surface area contributed by atoms with Crippen molar-refractivity contribution in [3.05, 3.63) is 176 Å². The van der Waals surface area contributed by atoms with E-state index in [9.17, 15) is 0 Å². The average Bonchev–Trinajstić information content (AvgIpc) is 3.58. The average molecular weight is 691 g/mol. The van der Waals surface area contributed by atoms with Crippen molar-refractivity contribution < 1.29 is 0 Å². The summed E-state index contributed by atoms with van der Waals surface area (Å²) in [6.45, 7) is 0. The van der Waals surface area contributed by atoms with Crippen LogP contribution in [0.2, 0.25) is 0 Å². The van der Waals surface area contributed by atoms with E-state index in [2.05, 4.69) is 170 Å². The first-order valence-corrected chi connectivity index (χ1v) is 18.1. The fraction of sp³-hybridized carbons (Fsp3) is 0. The quantitative estimate of drug-likeness (QED) is 0.163. The van der Waals surface area contributed by atoms with Crippen LogP contribution in [-0.2, 0) is 0 Å². The predicted octanol–water partition coefficient (Wildman–Crippen LogP) is 11.2. The molecule has 0 spiro atoms. The standard InChI is InChI=1S/C45H29N3Se/c1-4-13-30(14-5-1)33-23-25-34(26-24-33)43-46-44(48-45(47-43)40-21-12-20-39-38-19-10-11-22-41(38)49-42(39)40)37-28-35(31-15-6-2-7-16-31)27-36(29-37)32-17-8-3-9-18-32/h1-29H. The summed E-state index contributed by atoms with van der Waals surface area (Å²) in [5, 5.41) is 2.59. The van der Waals surface area contributed by atoms with Gasteiger partial charge in [0.15, 0.2) is 0 Å². The Labute approximate surface area is 291 Å². The van der Waals surface area contributed by atoms with E-state index in [4.69, 9.17) is 15.0 Å². The number of aromatic nitrogens is 3. The SMILES string of the molecule is c1ccc(-c2ccc(-c3nc(-c4cc(-c5ccccc5)cc(-c5ccccc5)c4)nc(-c4cccc5c4[se]c4ccccc45)n3)cc2)cc1. The Morgan fingerprint density at radius 1 is 0.306 bits per heavy atom. The molecule has 9 aromatic rings. The van der Waals surface area contributed by atoms with Gasteiger partial charge in [-0.05, 0) is 0 Å². The topological polar surface area (TPSA) is 38.7 Å². The van der Waals surface area contributed by atoms with Crippen LogP contribution in [0.5, 0.6) is 0 Å². The van der Waals surface area contributed by atoms with E-state index in [-0.39, 0.29) is 14.5 Å². The van der Waals surface area contributed by atoms with Crippen LogP contribution in [0.25, 0.3) is 86.8 Å². The Morgan fingerprint density at radius 2 is 0.755 bits per heavy atom. The number of rotatable bonds is 6. The van der Waals surface area contributed by atoms with E-state index < -0.39 is 0 Å². The minimum absolute atomic E-state index is 0.153. The van der Waals surface area contributed by atoms with Crippen LogP contribution >= 0.6 is 0 Å². The molecular weight excluding hydrogens is 661 g/mol.